The number of nitrogens with zero attached hydrogens (tertiary/aromatic N) is 3. The van der Waals surface area contributed by atoms with Crippen LogP contribution >= 0.6 is 0 Å². The number of aromatic nitrogens is 2. The van der Waals surface area contributed by atoms with Gasteiger partial charge in [-0.25, -0.2) is 0 Å². The topological polar surface area (TPSA) is 13.1 Å². The minimum atomic E-state index is -4.57. The number of alkyl halides is 3. The summed E-state index contributed by atoms with van der Waals surface area (Å²) in [4.78, 5) is 2.24. The highest BCUT2D eigenvalue weighted by Gasteiger charge is 2.34. The van der Waals surface area contributed by atoms with Crippen molar-refractivity contribution >= 4 is 60.7 Å². The van der Waals surface area contributed by atoms with Gasteiger partial charge >= 0.3 is 6.18 Å². The van der Waals surface area contributed by atoms with E-state index in [2.05, 4.69) is 93.8 Å². The van der Waals surface area contributed by atoms with Crippen molar-refractivity contribution in [3.05, 3.63) is 199 Å². The Morgan fingerprint density at radius 1 is 0.404 bits per heavy atom. The number of fused-ring (bicyclic) bond motifs is 6. The van der Waals surface area contributed by atoms with Gasteiger partial charge in [0, 0.05) is 50.0 Å². The fourth-order valence-electron chi connectivity index (χ4n) is 8.53. The summed E-state index contributed by atoms with van der Waals surface area (Å²) in [5.74, 6) is 0. The molecule has 57 heavy (non-hydrogen) atoms. The molecule has 0 aliphatic carbocycles. The molecule has 0 saturated carbocycles. The first kappa shape index (κ1) is 34.4. The molecule has 10 rings (SSSR count). The molecule has 0 atom stereocenters. The van der Waals surface area contributed by atoms with E-state index in [1.807, 2.05) is 97.9 Å². The minimum absolute atomic E-state index is 0.141. The fraction of sp³-hybridized carbons (Fsp3) is 0.0588. The van der Waals surface area contributed by atoms with E-state index in [0.717, 1.165) is 77.5 Å². The number of hydrogen-bond acceptors (Lipinski definition) is 1. The molecule has 2 heterocycles. The van der Waals surface area contributed by atoms with Crippen LogP contribution in [0.5, 0.6) is 0 Å². The molecular formula is C51H36F3N3. The molecule has 0 N–H and O–H groups in total. The summed E-state index contributed by atoms with van der Waals surface area (Å²) in [5, 5.41) is 4.22. The molecule has 276 valence electrons. The molecule has 0 unspecified atom stereocenters. The highest BCUT2D eigenvalue weighted by molar-refractivity contribution is 6.11. The number of para-hydroxylation sites is 4. The monoisotopic (exact) mass is 747 g/mol. The Hall–Kier alpha value is -7.05. The first-order chi connectivity index (χ1) is 27.7. The fourth-order valence-corrected chi connectivity index (χ4v) is 8.53. The van der Waals surface area contributed by atoms with Gasteiger partial charge in [0.2, 0.25) is 0 Å². The van der Waals surface area contributed by atoms with Gasteiger partial charge in [-0.15, -0.1) is 0 Å². The Morgan fingerprint density at radius 3 is 1.49 bits per heavy atom. The highest BCUT2D eigenvalue weighted by Crippen LogP contribution is 2.44. The quantitative estimate of drug-likeness (QED) is 0.165. The second kappa shape index (κ2) is 13.3. The van der Waals surface area contributed by atoms with Gasteiger partial charge in [0.15, 0.2) is 0 Å². The van der Waals surface area contributed by atoms with E-state index in [-0.39, 0.29) is 5.56 Å². The second-order valence-electron chi connectivity index (χ2n) is 14.7. The minimum Gasteiger partial charge on any atom is -0.310 e. The van der Waals surface area contributed by atoms with Crippen molar-refractivity contribution in [3.63, 3.8) is 0 Å². The third-order valence-electron chi connectivity index (χ3n) is 11.1. The zero-order valence-electron chi connectivity index (χ0n) is 31.3. The third-order valence-corrected chi connectivity index (χ3v) is 11.1. The summed E-state index contributed by atoms with van der Waals surface area (Å²) < 4.78 is 49.3. The molecule has 0 fully saturated rings. The van der Waals surface area contributed by atoms with Gasteiger partial charge in [-0.2, -0.15) is 13.2 Å². The molecule has 0 spiro atoms. The van der Waals surface area contributed by atoms with E-state index in [0.29, 0.717) is 11.3 Å². The molecular weight excluding hydrogens is 712 g/mol. The van der Waals surface area contributed by atoms with Crippen molar-refractivity contribution in [1.82, 2.24) is 9.13 Å². The molecule has 6 heteroatoms. The van der Waals surface area contributed by atoms with Gasteiger partial charge in [0.05, 0.1) is 27.6 Å². The van der Waals surface area contributed by atoms with Crippen LogP contribution in [0.25, 0.3) is 66.1 Å². The van der Waals surface area contributed by atoms with Gasteiger partial charge in [-0.3, -0.25) is 0 Å². The average molecular weight is 748 g/mol. The van der Waals surface area contributed by atoms with E-state index >= 15 is 13.2 Å². The summed E-state index contributed by atoms with van der Waals surface area (Å²) in [6.45, 7) is 3.94. The van der Waals surface area contributed by atoms with E-state index < -0.39 is 11.7 Å². The first-order valence-electron chi connectivity index (χ1n) is 19.0. The molecule has 0 amide bonds. The van der Waals surface area contributed by atoms with Crippen LogP contribution in [0.3, 0.4) is 0 Å². The van der Waals surface area contributed by atoms with Crippen LogP contribution in [0.1, 0.15) is 16.7 Å². The van der Waals surface area contributed by atoms with Gasteiger partial charge in [-0.05, 0) is 128 Å². The van der Waals surface area contributed by atoms with Crippen molar-refractivity contribution in [2.45, 2.75) is 20.0 Å². The van der Waals surface area contributed by atoms with E-state index in [1.54, 1.807) is 12.1 Å². The van der Waals surface area contributed by atoms with Gasteiger partial charge in [0.1, 0.15) is 0 Å². The lowest BCUT2D eigenvalue weighted by Crippen LogP contribution is -2.09. The largest absolute Gasteiger partial charge is 0.417 e. The lowest BCUT2D eigenvalue weighted by atomic mass is 9.94. The molecule has 0 radical (unpaired) electrons. The molecule has 8 aromatic carbocycles. The van der Waals surface area contributed by atoms with Crippen molar-refractivity contribution in [2.24, 2.45) is 0 Å². The molecule has 0 bridgehead atoms. The number of halogens is 3. The maximum Gasteiger partial charge on any atom is 0.417 e. The lowest BCUT2D eigenvalue weighted by molar-refractivity contribution is -0.137. The van der Waals surface area contributed by atoms with Crippen LogP contribution in [0.2, 0.25) is 0 Å². The van der Waals surface area contributed by atoms with Gasteiger partial charge in [-0.1, -0.05) is 90.5 Å². The van der Waals surface area contributed by atoms with Crippen LogP contribution in [-0.2, 0) is 6.18 Å². The first-order valence-corrected chi connectivity index (χ1v) is 19.0. The zero-order valence-corrected chi connectivity index (χ0v) is 31.3. The van der Waals surface area contributed by atoms with Crippen molar-refractivity contribution < 1.29 is 13.2 Å². The lowest BCUT2D eigenvalue weighted by Gasteiger charge is -2.25. The zero-order chi connectivity index (χ0) is 38.8. The van der Waals surface area contributed by atoms with Crippen LogP contribution in [-0.4, -0.2) is 9.13 Å². The SMILES string of the molecule is Cc1ccc2c(c1)c1ccccc1n2-c1ccc(C(F)(F)F)c(-c2cc(-n3c4ccccc4c4cc(N(c5ccccc5)c5ccccc5)ccc43)ccc2C)c1. The number of benzene rings is 8. The third kappa shape index (κ3) is 5.75. The maximum absolute atomic E-state index is 15.0. The van der Waals surface area contributed by atoms with Gasteiger partial charge < -0.3 is 14.0 Å². The number of anilines is 3. The summed E-state index contributed by atoms with van der Waals surface area (Å²) in [5.41, 5.74) is 10.2. The standard InChI is InChI=1S/C51H36F3N3/c1-33-21-27-49-44(29-33)40-17-9-11-19-47(40)57(49)39-24-26-46(51(52,53)54)43(31-39)42-30-38(23-22-34(42)2)56-48-20-12-10-18-41(48)45-32-37(25-28-50(45)56)55(35-13-5-3-6-14-35)36-15-7-4-8-16-36/h3-32H,1-2H3. The Labute approximate surface area is 328 Å². The molecule has 0 aliphatic heterocycles. The Balaban J connectivity index is 1.17. The molecule has 3 nitrogen and oxygen atoms in total. The molecule has 2 aromatic heterocycles. The van der Waals surface area contributed by atoms with Crippen molar-refractivity contribution in [2.75, 3.05) is 4.90 Å². The van der Waals surface area contributed by atoms with Crippen LogP contribution < -0.4 is 4.90 Å². The summed E-state index contributed by atoms with van der Waals surface area (Å²) in [7, 11) is 0. The number of rotatable bonds is 6. The number of hydrogen-bond donors (Lipinski definition) is 0. The molecule has 0 aliphatic rings. The Morgan fingerprint density at radius 2 is 0.895 bits per heavy atom. The van der Waals surface area contributed by atoms with Crippen LogP contribution in [0.4, 0.5) is 30.2 Å². The Kier molecular flexibility index (Phi) is 8.04. The summed E-state index contributed by atoms with van der Waals surface area (Å²) in [6.07, 6.45) is -4.57. The smallest absolute Gasteiger partial charge is 0.310 e. The van der Waals surface area contributed by atoms with Crippen LogP contribution in [0, 0.1) is 13.8 Å². The normalized spacial score (nSPS) is 11.9. The van der Waals surface area contributed by atoms with Crippen molar-refractivity contribution in [1.29, 1.82) is 0 Å². The molecule has 0 saturated heterocycles. The van der Waals surface area contributed by atoms with Crippen LogP contribution in [0.15, 0.2) is 182 Å². The Bertz CT molecular complexity index is 3100. The van der Waals surface area contributed by atoms with E-state index in [1.165, 1.54) is 6.07 Å². The average Bonchev–Trinajstić information content (AvgIpc) is 3.74. The molecule has 10 aromatic rings. The van der Waals surface area contributed by atoms with Crippen molar-refractivity contribution in [3.8, 4) is 22.5 Å². The summed E-state index contributed by atoms with van der Waals surface area (Å²) >= 11 is 0. The number of aryl methyl sites for hydroxylation is 2. The van der Waals surface area contributed by atoms with Gasteiger partial charge in [0.25, 0.3) is 0 Å². The van der Waals surface area contributed by atoms with E-state index in [9.17, 15) is 0 Å². The predicted octanol–water partition coefficient (Wildman–Crippen LogP) is 14.7. The predicted molar refractivity (Wildman–Crippen MR) is 230 cm³/mol. The van der Waals surface area contributed by atoms with E-state index in [4.69, 9.17) is 0 Å². The highest BCUT2D eigenvalue weighted by atomic mass is 19.4. The maximum atomic E-state index is 15.0. The summed E-state index contributed by atoms with van der Waals surface area (Å²) in [6, 6.07) is 59.9. The second-order valence-corrected chi connectivity index (χ2v) is 14.7.